The molecule has 4 aromatic carbocycles. The van der Waals surface area contributed by atoms with Gasteiger partial charge in [-0.2, -0.15) is 10.5 Å². The number of nitriles is 2. The van der Waals surface area contributed by atoms with Crippen molar-refractivity contribution in [2.45, 2.75) is 0 Å². The fraction of sp³-hybridized carbons (Fsp3) is 0.130. The number of pyridine rings is 2. The van der Waals surface area contributed by atoms with Crippen LogP contribution < -0.4 is 9.47 Å². The Bertz CT molecular complexity index is 2650. The minimum absolute atomic E-state index is 0.477. The van der Waals surface area contributed by atoms with Crippen molar-refractivity contribution in [2.75, 3.05) is 42.4 Å². The van der Waals surface area contributed by atoms with Gasteiger partial charge in [0.1, 0.15) is 34.8 Å². The van der Waals surface area contributed by atoms with Gasteiger partial charge in [0.25, 0.3) is 0 Å². The molecule has 0 saturated heterocycles. The first kappa shape index (κ1) is 45.3. The van der Waals surface area contributed by atoms with Gasteiger partial charge in [0.15, 0.2) is 22.9 Å². The van der Waals surface area contributed by atoms with Crippen molar-refractivity contribution in [3.8, 4) is 68.7 Å². The molecule has 2 amide bonds. The molecule has 8 rings (SSSR count). The third kappa shape index (κ3) is 11.3. The molecule has 0 aliphatic rings. The zero-order chi connectivity index (χ0) is 44.8. The molecule has 0 bridgehead atoms. The lowest BCUT2D eigenvalue weighted by Crippen LogP contribution is -2.06. The molecule has 4 aromatic heterocycles. The van der Waals surface area contributed by atoms with Crippen LogP contribution in [0.3, 0.4) is 0 Å². The van der Waals surface area contributed by atoms with Gasteiger partial charge in [0.05, 0.1) is 14.2 Å². The topological polar surface area (TPSA) is 167 Å². The molecule has 0 N–H and O–H groups in total. The second-order valence-corrected chi connectivity index (χ2v) is 14.3. The summed E-state index contributed by atoms with van der Waals surface area (Å²) in [7, 11) is 9.99. The largest absolute Gasteiger partial charge is 0.497 e. The predicted octanol–water partition coefficient (Wildman–Crippen LogP) is 8.60. The van der Waals surface area contributed by atoms with Crippen LogP contribution in [0.4, 0.5) is 0 Å². The third-order valence-electron chi connectivity index (χ3n) is 8.67. The highest BCUT2D eigenvalue weighted by atomic mass is 35.5. The quantitative estimate of drug-likeness (QED) is 0.135. The van der Waals surface area contributed by atoms with E-state index in [-0.39, 0.29) is 0 Å². The number of fused-ring (bicyclic) bond motifs is 2. The number of hydrogen-bond acceptors (Lipinski definition) is 10. The standard InChI is InChI=1S/2C20H13ClN4O.2C3H7NO/c2*1-26-16-8-4-13(5-9-16)17-10-11-25-20(18(17)12-22)23-19(24-25)14-2-6-15(21)7-3-14;2*1-4(2)3-5/h2*2-11H,1H3;2*3H,1-2H3. The van der Waals surface area contributed by atoms with Crippen molar-refractivity contribution < 1.29 is 19.1 Å². The van der Waals surface area contributed by atoms with Crippen LogP contribution in [0.15, 0.2) is 122 Å². The van der Waals surface area contributed by atoms with Gasteiger partial charge in [-0.1, -0.05) is 47.5 Å². The zero-order valence-electron chi connectivity index (χ0n) is 34.6. The molecule has 312 valence electrons. The van der Waals surface area contributed by atoms with Crippen LogP contribution in [-0.4, -0.2) is 94.2 Å². The van der Waals surface area contributed by atoms with E-state index >= 15 is 0 Å². The summed E-state index contributed by atoms with van der Waals surface area (Å²) in [5.74, 6) is 2.62. The number of amides is 2. The third-order valence-corrected chi connectivity index (χ3v) is 9.17. The Morgan fingerprint density at radius 3 is 1.11 bits per heavy atom. The molecule has 62 heavy (non-hydrogen) atoms. The van der Waals surface area contributed by atoms with Gasteiger partial charge in [-0.05, 0) is 96.1 Å². The van der Waals surface area contributed by atoms with Crippen LogP contribution in [0.2, 0.25) is 10.0 Å². The molecule has 8 aromatic rings. The first-order valence-corrected chi connectivity index (χ1v) is 19.3. The smallest absolute Gasteiger partial charge is 0.209 e. The van der Waals surface area contributed by atoms with E-state index in [1.165, 1.54) is 9.80 Å². The van der Waals surface area contributed by atoms with Crippen LogP contribution in [0.5, 0.6) is 11.5 Å². The van der Waals surface area contributed by atoms with Crippen LogP contribution in [0.1, 0.15) is 11.1 Å². The lowest BCUT2D eigenvalue weighted by molar-refractivity contribution is -0.116. The van der Waals surface area contributed by atoms with Crippen molar-refractivity contribution in [1.82, 2.24) is 39.0 Å². The van der Waals surface area contributed by atoms with E-state index in [0.29, 0.717) is 44.1 Å². The second kappa shape index (κ2) is 21.5. The molecule has 0 atom stereocenters. The highest BCUT2D eigenvalue weighted by molar-refractivity contribution is 6.30. The van der Waals surface area contributed by atoms with Crippen LogP contribution >= 0.6 is 23.2 Å². The summed E-state index contributed by atoms with van der Waals surface area (Å²) < 4.78 is 13.6. The van der Waals surface area contributed by atoms with E-state index < -0.39 is 0 Å². The molecule has 0 saturated carbocycles. The maximum atomic E-state index is 9.72. The fourth-order valence-electron chi connectivity index (χ4n) is 5.58. The van der Waals surface area contributed by atoms with Crippen LogP contribution in [-0.2, 0) is 9.59 Å². The molecule has 0 aliphatic heterocycles. The minimum Gasteiger partial charge on any atom is -0.497 e. The number of carbonyl (C=O) groups excluding carboxylic acids is 2. The number of halogens is 2. The van der Waals surface area contributed by atoms with Gasteiger partial charge in [0.2, 0.25) is 12.8 Å². The number of rotatable bonds is 8. The normalized spacial score (nSPS) is 10.0. The number of hydrogen-bond donors (Lipinski definition) is 0. The van der Waals surface area contributed by atoms with Crippen molar-refractivity contribution >= 4 is 47.3 Å². The number of carbonyl (C=O) groups is 2. The summed E-state index contributed by atoms with van der Waals surface area (Å²) in [5, 5.41) is 29.7. The molecule has 0 spiro atoms. The summed E-state index contributed by atoms with van der Waals surface area (Å²) in [4.78, 5) is 30.9. The van der Waals surface area contributed by atoms with Crippen molar-refractivity contribution in [3.05, 3.63) is 143 Å². The van der Waals surface area contributed by atoms with E-state index in [1.54, 1.807) is 75.7 Å². The monoisotopic (exact) mass is 866 g/mol. The van der Waals surface area contributed by atoms with Crippen molar-refractivity contribution in [1.29, 1.82) is 10.5 Å². The lowest BCUT2D eigenvalue weighted by Gasteiger charge is -2.06. The molecular formula is C46H40Cl2N10O4. The van der Waals surface area contributed by atoms with E-state index in [9.17, 15) is 20.1 Å². The Morgan fingerprint density at radius 1 is 0.532 bits per heavy atom. The molecule has 16 heteroatoms. The summed E-state index contributed by atoms with van der Waals surface area (Å²) in [6.07, 6.45) is 5.12. The maximum absolute atomic E-state index is 9.72. The molecule has 0 radical (unpaired) electrons. The van der Waals surface area contributed by atoms with E-state index in [0.717, 1.165) is 57.7 Å². The first-order chi connectivity index (χ1) is 29.9. The van der Waals surface area contributed by atoms with Crippen molar-refractivity contribution in [2.24, 2.45) is 0 Å². The Kier molecular flexibility index (Phi) is 15.7. The van der Waals surface area contributed by atoms with E-state index in [1.807, 2.05) is 97.3 Å². The maximum Gasteiger partial charge on any atom is 0.209 e. The highest BCUT2D eigenvalue weighted by Crippen LogP contribution is 2.30. The summed E-state index contributed by atoms with van der Waals surface area (Å²) in [5.41, 5.74) is 7.12. The Hall–Kier alpha value is -7.78. The van der Waals surface area contributed by atoms with Gasteiger partial charge in [-0.25, -0.2) is 19.0 Å². The summed E-state index contributed by atoms with van der Waals surface area (Å²) >= 11 is 11.9. The van der Waals surface area contributed by atoms with E-state index in [4.69, 9.17) is 32.7 Å². The van der Waals surface area contributed by atoms with Crippen LogP contribution in [0.25, 0.3) is 56.3 Å². The van der Waals surface area contributed by atoms with Gasteiger partial charge < -0.3 is 19.3 Å². The first-order valence-electron chi connectivity index (χ1n) is 18.6. The molecule has 14 nitrogen and oxygen atoms in total. The summed E-state index contributed by atoms with van der Waals surface area (Å²) in [6.45, 7) is 0. The Labute approximate surface area is 368 Å². The van der Waals surface area contributed by atoms with Gasteiger partial charge >= 0.3 is 0 Å². The molecule has 0 unspecified atom stereocenters. The van der Waals surface area contributed by atoms with Crippen molar-refractivity contribution in [3.63, 3.8) is 0 Å². The number of ether oxygens (including phenoxy) is 2. The lowest BCUT2D eigenvalue weighted by atomic mass is 10.0. The molecule has 4 heterocycles. The fourth-order valence-corrected chi connectivity index (χ4v) is 5.83. The average Bonchev–Trinajstić information content (AvgIpc) is 3.95. The molecule has 0 aliphatic carbocycles. The van der Waals surface area contributed by atoms with Gasteiger partial charge in [-0.3, -0.25) is 9.59 Å². The molecule has 0 fully saturated rings. The average molecular weight is 868 g/mol. The number of benzene rings is 4. The minimum atomic E-state index is 0.477. The predicted molar refractivity (Wildman–Crippen MR) is 240 cm³/mol. The Morgan fingerprint density at radius 2 is 0.839 bits per heavy atom. The molecular weight excluding hydrogens is 827 g/mol. The van der Waals surface area contributed by atoms with E-state index in [2.05, 4.69) is 32.3 Å². The SMILES string of the molecule is CN(C)C=O.CN(C)C=O.COc1ccc(-c2ccn3nc(-c4ccc(Cl)cc4)nc3c2C#N)cc1.COc1ccc(-c2ccn3nc(-c4ccc(Cl)cc4)nc3c2C#N)cc1. The number of aromatic nitrogens is 6. The highest BCUT2D eigenvalue weighted by Gasteiger charge is 2.16. The second-order valence-electron chi connectivity index (χ2n) is 13.4. The number of methoxy groups -OCH3 is 2. The van der Waals surface area contributed by atoms with Crippen LogP contribution in [0, 0.1) is 22.7 Å². The van der Waals surface area contributed by atoms with Gasteiger partial charge in [-0.15, -0.1) is 10.2 Å². The number of nitrogens with zero attached hydrogens (tertiary/aromatic N) is 10. The van der Waals surface area contributed by atoms with Gasteiger partial charge in [0, 0.05) is 72.9 Å². The zero-order valence-corrected chi connectivity index (χ0v) is 36.1. The summed E-state index contributed by atoms with van der Waals surface area (Å²) in [6, 6.07) is 38.0. The Balaban J connectivity index is 0.000000193.